The minimum atomic E-state index is -0.919. The van der Waals surface area contributed by atoms with E-state index in [1.807, 2.05) is 24.3 Å². The highest BCUT2D eigenvalue weighted by Gasteiger charge is 2.32. The molecule has 186 valence electrons. The van der Waals surface area contributed by atoms with Crippen molar-refractivity contribution in [2.45, 2.75) is 51.0 Å². The van der Waals surface area contributed by atoms with Gasteiger partial charge in [0.15, 0.2) is 0 Å². The lowest BCUT2D eigenvalue weighted by Crippen LogP contribution is -2.45. The number of carboxylic acids is 1. The first-order valence-electron chi connectivity index (χ1n) is 12.4. The van der Waals surface area contributed by atoms with Gasteiger partial charge in [0.05, 0.1) is 5.92 Å². The van der Waals surface area contributed by atoms with Gasteiger partial charge in [0.25, 0.3) is 0 Å². The van der Waals surface area contributed by atoms with Crippen molar-refractivity contribution in [1.82, 2.24) is 10.2 Å². The van der Waals surface area contributed by atoms with E-state index in [4.69, 9.17) is 9.84 Å². The van der Waals surface area contributed by atoms with E-state index in [1.54, 1.807) is 14.0 Å². The minimum Gasteiger partial charge on any atom is -0.481 e. The fourth-order valence-electron chi connectivity index (χ4n) is 5.40. The van der Waals surface area contributed by atoms with Crippen molar-refractivity contribution >= 4 is 18.0 Å². The zero-order valence-corrected chi connectivity index (χ0v) is 20.4. The predicted octanol–water partition coefficient (Wildman–Crippen LogP) is 4.65. The molecule has 2 aromatic carbocycles. The number of amides is 2. The van der Waals surface area contributed by atoms with Crippen molar-refractivity contribution in [2.75, 3.05) is 20.2 Å². The zero-order chi connectivity index (χ0) is 24.9. The van der Waals surface area contributed by atoms with Gasteiger partial charge in [0.1, 0.15) is 6.61 Å². The van der Waals surface area contributed by atoms with Crippen LogP contribution in [0.5, 0.6) is 0 Å². The summed E-state index contributed by atoms with van der Waals surface area (Å²) in [5.41, 5.74) is 4.70. The Bertz CT molecular complexity index is 1040. The molecule has 4 rings (SSSR count). The standard InChI is InChI=1S/C28H34N2O5/c1-18(27(32)33)16-30(2)26(31)15-19-9-3-8-14-25(19)29-28(34)35-17-24-22-12-6-4-10-20(22)21-11-5-7-13-23(21)24/h4-7,10-13,18-19,24-25H,3,8-9,14-17H2,1-2H3,(H,29,34)(H,32,33). The SMILES string of the molecule is CC(CN(C)C(=O)CC1CCCCC1NC(=O)OCC1c2ccccc2-c2ccccc21)C(=O)O. The fraction of sp³-hybridized carbons (Fsp3) is 0.464. The van der Waals surface area contributed by atoms with E-state index in [-0.39, 0.29) is 43.4 Å². The summed E-state index contributed by atoms with van der Waals surface area (Å²) in [5, 5.41) is 12.1. The molecule has 3 atom stereocenters. The summed E-state index contributed by atoms with van der Waals surface area (Å²) in [6, 6.07) is 16.3. The van der Waals surface area contributed by atoms with Gasteiger partial charge in [-0.25, -0.2) is 4.79 Å². The Morgan fingerprint density at radius 3 is 2.26 bits per heavy atom. The number of ether oxygens (including phenoxy) is 1. The topological polar surface area (TPSA) is 95.9 Å². The molecule has 7 nitrogen and oxygen atoms in total. The third-order valence-corrected chi connectivity index (χ3v) is 7.39. The van der Waals surface area contributed by atoms with E-state index in [0.29, 0.717) is 0 Å². The van der Waals surface area contributed by atoms with Crippen molar-refractivity contribution in [1.29, 1.82) is 0 Å². The van der Waals surface area contributed by atoms with E-state index >= 15 is 0 Å². The van der Waals surface area contributed by atoms with E-state index in [2.05, 4.69) is 29.6 Å². The highest BCUT2D eigenvalue weighted by Crippen LogP contribution is 2.44. The van der Waals surface area contributed by atoms with Crippen LogP contribution in [-0.4, -0.2) is 54.2 Å². The predicted molar refractivity (Wildman–Crippen MR) is 133 cm³/mol. The van der Waals surface area contributed by atoms with Gasteiger partial charge in [-0.15, -0.1) is 0 Å². The monoisotopic (exact) mass is 478 g/mol. The summed E-state index contributed by atoms with van der Waals surface area (Å²) in [6.07, 6.45) is 3.49. The van der Waals surface area contributed by atoms with Crippen LogP contribution in [0.2, 0.25) is 0 Å². The average molecular weight is 479 g/mol. The van der Waals surface area contributed by atoms with Gasteiger partial charge in [-0.2, -0.15) is 0 Å². The smallest absolute Gasteiger partial charge is 0.407 e. The largest absolute Gasteiger partial charge is 0.481 e. The van der Waals surface area contributed by atoms with Crippen LogP contribution in [0.15, 0.2) is 48.5 Å². The number of carbonyl (C=O) groups excluding carboxylic acids is 2. The highest BCUT2D eigenvalue weighted by molar-refractivity contribution is 5.79. The fourth-order valence-corrected chi connectivity index (χ4v) is 5.40. The summed E-state index contributed by atoms with van der Waals surface area (Å²) in [7, 11) is 1.64. The maximum absolute atomic E-state index is 12.8. The molecule has 2 aliphatic rings. The Kier molecular flexibility index (Phi) is 7.73. The van der Waals surface area contributed by atoms with Gasteiger partial charge in [0, 0.05) is 32.0 Å². The average Bonchev–Trinajstić information content (AvgIpc) is 3.17. The van der Waals surface area contributed by atoms with Crippen LogP contribution in [0.1, 0.15) is 56.1 Å². The van der Waals surface area contributed by atoms with Crippen molar-refractivity contribution in [2.24, 2.45) is 11.8 Å². The first kappa shape index (κ1) is 24.8. The maximum atomic E-state index is 12.8. The van der Waals surface area contributed by atoms with Gasteiger partial charge < -0.3 is 20.1 Å². The van der Waals surface area contributed by atoms with Crippen molar-refractivity contribution in [3.63, 3.8) is 0 Å². The molecule has 0 radical (unpaired) electrons. The number of nitrogens with one attached hydrogen (secondary N) is 1. The van der Waals surface area contributed by atoms with Crippen LogP contribution < -0.4 is 5.32 Å². The molecule has 0 spiro atoms. The summed E-state index contributed by atoms with van der Waals surface area (Å²) in [5.74, 6) is -1.62. The van der Waals surface area contributed by atoms with Crippen molar-refractivity contribution in [3.8, 4) is 11.1 Å². The molecule has 2 aromatic rings. The Hall–Kier alpha value is -3.35. The molecule has 0 heterocycles. The lowest BCUT2D eigenvalue weighted by Gasteiger charge is -2.33. The van der Waals surface area contributed by atoms with Crippen LogP contribution in [0.4, 0.5) is 4.79 Å². The molecule has 1 saturated carbocycles. The van der Waals surface area contributed by atoms with Crippen molar-refractivity contribution in [3.05, 3.63) is 59.7 Å². The van der Waals surface area contributed by atoms with E-state index < -0.39 is 18.0 Å². The second kappa shape index (κ2) is 10.9. The molecular weight excluding hydrogens is 444 g/mol. The molecular formula is C28H34N2O5. The summed E-state index contributed by atoms with van der Waals surface area (Å²) >= 11 is 0. The van der Waals surface area contributed by atoms with Gasteiger partial charge in [0.2, 0.25) is 5.91 Å². The maximum Gasteiger partial charge on any atom is 0.407 e. The summed E-state index contributed by atoms with van der Waals surface area (Å²) in [4.78, 5) is 38.1. The number of rotatable bonds is 8. The lowest BCUT2D eigenvalue weighted by molar-refractivity contribution is -0.142. The molecule has 0 bridgehead atoms. The highest BCUT2D eigenvalue weighted by atomic mass is 16.5. The number of nitrogens with zero attached hydrogens (tertiary/aromatic N) is 1. The van der Waals surface area contributed by atoms with Crippen LogP contribution >= 0.6 is 0 Å². The molecule has 0 aliphatic heterocycles. The molecule has 1 fully saturated rings. The molecule has 3 unspecified atom stereocenters. The number of benzene rings is 2. The number of alkyl carbamates (subject to hydrolysis) is 1. The molecule has 2 N–H and O–H groups in total. The van der Waals surface area contributed by atoms with Gasteiger partial charge in [-0.05, 0) is 41.0 Å². The second-order valence-corrected chi connectivity index (χ2v) is 9.84. The first-order chi connectivity index (χ1) is 16.8. The number of carboxylic acid groups (broad SMARTS) is 1. The Morgan fingerprint density at radius 1 is 1.03 bits per heavy atom. The Balaban J connectivity index is 1.34. The van der Waals surface area contributed by atoms with Crippen LogP contribution in [-0.2, 0) is 14.3 Å². The lowest BCUT2D eigenvalue weighted by atomic mass is 9.82. The van der Waals surface area contributed by atoms with Crippen LogP contribution in [0.3, 0.4) is 0 Å². The third-order valence-electron chi connectivity index (χ3n) is 7.39. The summed E-state index contributed by atoms with van der Waals surface area (Å²) in [6.45, 7) is 2.02. The molecule has 2 aliphatic carbocycles. The Morgan fingerprint density at radius 2 is 1.63 bits per heavy atom. The zero-order valence-electron chi connectivity index (χ0n) is 20.4. The van der Waals surface area contributed by atoms with E-state index in [1.165, 1.54) is 27.2 Å². The molecule has 7 heteroatoms. The minimum absolute atomic E-state index is 0.00163. The Labute approximate surface area is 206 Å². The van der Waals surface area contributed by atoms with Gasteiger partial charge >= 0.3 is 12.1 Å². The number of hydrogen-bond donors (Lipinski definition) is 2. The van der Waals surface area contributed by atoms with E-state index in [0.717, 1.165) is 25.7 Å². The number of fused-ring (bicyclic) bond motifs is 3. The second-order valence-electron chi connectivity index (χ2n) is 9.84. The number of carbonyl (C=O) groups is 3. The van der Waals surface area contributed by atoms with Gasteiger partial charge in [-0.1, -0.05) is 68.3 Å². The van der Waals surface area contributed by atoms with E-state index in [9.17, 15) is 14.4 Å². The molecule has 0 aromatic heterocycles. The quantitative estimate of drug-likeness (QED) is 0.576. The number of hydrogen-bond acceptors (Lipinski definition) is 4. The molecule has 2 amide bonds. The first-order valence-corrected chi connectivity index (χ1v) is 12.4. The third kappa shape index (κ3) is 5.66. The number of aliphatic carboxylic acids is 1. The van der Waals surface area contributed by atoms with Crippen LogP contribution in [0, 0.1) is 11.8 Å². The molecule has 0 saturated heterocycles. The summed E-state index contributed by atoms with van der Waals surface area (Å²) < 4.78 is 5.71. The van der Waals surface area contributed by atoms with Crippen molar-refractivity contribution < 1.29 is 24.2 Å². The molecule has 35 heavy (non-hydrogen) atoms. The normalized spacial score (nSPS) is 19.8. The van der Waals surface area contributed by atoms with Crippen LogP contribution in [0.25, 0.3) is 11.1 Å². The van der Waals surface area contributed by atoms with Gasteiger partial charge in [-0.3, -0.25) is 9.59 Å².